The number of benzene rings is 4. The first kappa shape index (κ1) is 21.3. The molecule has 0 aliphatic rings. The molecule has 3 heteroatoms. The molecule has 4 aromatic rings. The molecule has 0 amide bonds. The molecule has 152 valence electrons. The lowest BCUT2D eigenvalue weighted by atomic mass is 10.1. The van der Waals surface area contributed by atoms with Crippen molar-refractivity contribution in [2.24, 2.45) is 0 Å². The normalized spacial score (nSPS) is 10.9. The summed E-state index contributed by atoms with van der Waals surface area (Å²) in [5.74, 6) is 0. The number of rotatable bonds is 5. The third kappa shape index (κ3) is 4.43. The predicted molar refractivity (Wildman–Crippen MR) is 136 cm³/mol. The van der Waals surface area contributed by atoms with Crippen molar-refractivity contribution in [2.45, 2.75) is 6.92 Å². The van der Waals surface area contributed by atoms with Gasteiger partial charge < -0.3 is 4.57 Å². The minimum atomic E-state index is -3.19. The Morgan fingerprint density at radius 1 is 0.742 bits per heavy atom. The molecule has 4 aromatic carbocycles. The fourth-order valence-corrected chi connectivity index (χ4v) is 6.98. The van der Waals surface area contributed by atoms with E-state index in [1.807, 2.05) is 103 Å². The van der Waals surface area contributed by atoms with E-state index in [1.54, 1.807) is 0 Å². The Hall–Kier alpha value is -2.89. The van der Waals surface area contributed by atoms with Gasteiger partial charge in [0.2, 0.25) is 0 Å². The summed E-state index contributed by atoms with van der Waals surface area (Å²) in [5, 5.41) is 2.26. The van der Waals surface area contributed by atoms with E-state index in [0.717, 1.165) is 31.8 Å². The van der Waals surface area contributed by atoms with Crippen molar-refractivity contribution in [3.05, 3.63) is 136 Å². The number of hydrogen-bond acceptors (Lipinski definition) is 1. The van der Waals surface area contributed by atoms with E-state index in [-0.39, 0.29) is 0 Å². The molecular formula is C28H22BrOP. The molecule has 4 rings (SSSR count). The van der Waals surface area contributed by atoms with Crippen molar-refractivity contribution in [2.75, 3.05) is 0 Å². The zero-order chi connectivity index (χ0) is 21.7. The molecule has 0 fully saturated rings. The summed E-state index contributed by atoms with van der Waals surface area (Å²) in [5.41, 5.74) is 6.55. The Kier molecular flexibility index (Phi) is 6.54. The Morgan fingerprint density at radius 3 is 1.84 bits per heavy atom. The van der Waals surface area contributed by atoms with Crippen LogP contribution in [0, 0.1) is 6.92 Å². The van der Waals surface area contributed by atoms with Crippen molar-refractivity contribution in [1.29, 1.82) is 0 Å². The van der Waals surface area contributed by atoms with E-state index in [4.69, 9.17) is 0 Å². The van der Waals surface area contributed by atoms with E-state index >= 15 is 4.57 Å². The third-order valence-electron chi connectivity index (χ3n) is 5.24. The highest BCUT2D eigenvalue weighted by atomic mass is 79.9. The van der Waals surface area contributed by atoms with E-state index in [9.17, 15) is 0 Å². The largest absolute Gasteiger partial charge is 0.308 e. The van der Waals surface area contributed by atoms with Crippen LogP contribution in [0.5, 0.6) is 0 Å². The lowest BCUT2D eigenvalue weighted by molar-refractivity contribution is 0.593. The van der Waals surface area contributed by atoms with Gasteiger partial charge in [-0.25, -0.2) is 0 Å². The van der Waals surface area contributed by atoms with E-state index in [1.165, 1.54) is 0 Å². The smallest absolute Gasteiger partial charge is 0.179 e. The standard InChI is InChI=1S/C28H22BrOP/c1-22-12-8-9-13-23(22)20-21-28(26-18-10-11-19-27(26)29)31(30,24-14-4-2-5-15-24)25-16-6-3-7-17-25/h2-20H,1H3. The van der Waals surface area contributed by atoms with Crippen molar-refractivity contribution >= 4 is 45.1 Å². The van der Waals surface area contributed by atoms with Crippen molar-refractivity contribution in [3.63, 3.8) is 0 Å². The monoisotopic (exact) mass is 484 g/mol. The van der Waals surface area contributed by atoms with Crippen LogP contribution in [0.25, 0.3) is 11.4 Å². The minimum Gasteiger partial charge on any atom is -0.308 e. The molecule has 0 aromatic heterocycles. The van der Waals surface area contributed by atoms with Crippen molar-refractivity contribution in [1.82, 2.24) is 0 Å². The van der Waals surface area contributed by atoms with Crippen LogP contribution in [0.1, 0.15) is 16.7 Å². The van der Waals surface area contributed by atoms with Crippen LogP contribution in [0.4, 0.5) is 0 Å². The first-order valence-corrected chi connectivity index (χ1v) is 12.6. The van der Waals surface area contributed by atoms with Crippen molar-refractivity contribution in [3.8, 4) is 0 Å². The second kappa shape index (κ2) is 9.50. The fraction of sp³-hybridized carbons (Fsp3) is 0.0357. The maximum absolute atomic E-state index is 15.0. The van der Waals surface area contributed by atoms with Crippen molar-refractivity contribution < 1.29 is 4.57 Å². The average Bonchev–Trinajstić information content (AvgIpc) is 2.82. The summed E-state index contributed by atoms with van der Waals surface area (Å²) in [6, 6.07) is 35.5. The lowest BCUT2D eigenvalue weighted by Crippen LogP contribution is -2.17. The summed E-state index contributed by atoms with van der Waals surface area (Å²) in [6.45, 7) is 2.07. The van der Waals surface area contributed by atoms with Gasteiger partial charge in [0.05, 0.1) is 5.31 Å². The number of hydrogen-bond donors (Lipinski definition) is 0. The molecule has 0 atom stereocenters. The highest BCUT2D eigenvalue weighted by molar-refractivity contribution is 9.10. The molecule has 1 nitrogen and oxygen atoms in total. The first-order chi connectivity index (χ1) is 15.1. The quantitative estimate of drug-likeness (QED) is 0.212. The van der Waals surface area contributed by atoms with Crippen LogP contribution in [-0.2, 0) is 4.57 Å². The SMILES string of the molecule is Cc1ccccc1C=C=C(c1ccccc1Br)P(=O)(c1ccccc1)c1ccccc1. The zero-order valence-electron chi connectivity index (χ0n) is 17.2. The van der Waals surface area contributed by atoms with Gasteiger partial charge in [0.25, 0.3) is 0 Å². The molecule has 31 heavy (non-hydrogen) atoms. The third-order valence-corrected chi connectivity index (χ3v) is 8.98. The maximum atomic E-state index is 15.0. The highest BCUT2D eigenvalue weighted by Gasteiger charge is 2.33. The average molecular weight is 485 g/mol. The van der Waals surface area contributed by atoms with Crippen LogP contribution in [0.2, 0.25) is 0 Å². The molecule has 0 spiro atoms. The second-order valence-corrected chi connectivity index (χ2v) is 10.8. The molecular weight excluding hydrogens is 463 g/mol. The van der Waals surface area contributed by atoms with Crippen LogP contribution in [0.15, 0.2) is 119 Å². The molecule has 0 aliphatic carbocycles. The van der Waals surface area contributed by atoms with Gasteiger partial charge in [-0.2, -0.15) is 0 Å². The molecule has 0 N–H and O–H groups in total. The van der Waals surface area contributed by atoms with Crippen LogP contribution in [0.3, 0.4) is 0 Å². The van der Waals surface area contributed by atoms with Crippen LogP contribution in [-0.4, -0.2) is 0 Å². The van der Waals surface area contributed by atoms with Gasteiger partial charge in [0.15, 0.2) is 7.14 Å². The van der Waals surface area contributed by atoms with Gasteiger partial charge in [-0.3, -0.25) is 0 Å². The molecule has 0 unspecified atom stereocenters. The predicted octanol–water partition coefficient (Wildman–Crippen LogP) is 7.42. The molecule has 0 saturated carbocycles. The molecule has 0 heterocycles. The van der Waals surface area contributed by atoms with Gasteiger partial charge in [-0.1, -0.05) is 119 Å². The summed E-state index contributed by atoms with van der Waals surface area (Å²) < 4.78 is 15.9. The Morgan fingerprint density at radius 2 is 1.26 bits per heavy atom. The Labute approximate surface area is 192 Å². The number of aryl methyl sites for hydroxylation is 1. The first-order valence-electron chi connectivity index (χ1n) is 10.1. The summed E-state index contributed by atoms with van der Waals surface area (Å²) >= 11 is 3.68. The molecule has 0 radical (unpaired) electrons. The topological polar surface area (TPSA) is 17.1 Å². The van der Waals surface area contributed by atoms with E-state index < -0.39 is 7.14 Å². The second-order valence-electron chi connectivity index (χ2n) is 7.25. The fourth-order valence-electron chi connectivity index (χ4n) is 3.57. The Balaban J connectivity index is 2.08. The summed E-state index contributed by atoms with van der Waals surface area (Å²) in [7, 11) is -3.19. The van der Waals surface area contributed by atoms with Gasteiger partial charge in [-0.15, -0.1) is 5.73 Å². The minimum absolute atomic E-state index is 0.681. The van der Waals surface area contributed by atoms with Crippen LogP contribution < -0.4 is 10.6 Å². The Bertz CT molecular complexity index is 1260. The summed E-state index contributed by atoms with van der Waals surface area (Å²) in [6.07, 6.45) is 1.95. The van der Waals surface area contributed by atoms with Gasteiger partial charge >= 0.3 is 0 Å². The molecule has 0 aliphatic heterocycles. The van der Waals surface area contributed by atoms with Gasteiger partial charge in [-0.05, 0) is 30.2 Å². The lowest BCUT2D eigenvalue weighted by Gasteiger charge is -2.22. The van der Waals surface area contributed by atoms with E-state index in [0.29, 0.717) is 5.31 Å². The summed E-state index contributed by atoms with van der Waals surface area (Å²) in [4.78, 5) is 0. The molecule has 0 saturated heterocycles. The van der Waals surface area contributed by atoms with Crippen LogP contribution >= 0.6 is 23.1 Å². The highest BCUT2D eigenvalue weighted by Crippen LogP contribution is 2.57. The maximum Gasteiger partial charge on any atom is 0.179 e. The van der Waals surface area contributed by atoms with Gasteiger partial charge in [0, 0.05) is 20.6 Å². The zero-order valence-corrected chi connectivity index (χ0v) is 19.7. The van der Waals surface area contributed by atoms with Gasteiger partial charge in [0.1, 0.15) is 0 Å². The number of halogens is 1. The van der Waals surface area contributed by atoms with E-state index in [2.05, 4.69) is 40.7 Å². The molecule has 0 bridgehead atoms.